The van der Waals surface area contributed by atoms with Gasteiger partial charge in [-0.25, -0.2) is 9.13 Å². The Morgan fingerprint density at radius 3 is 2.77 bits per heavy atom. The Morgan fingerprint density at radius 2 is 2.23 bits per heavy atom. The van der Waals surface area contributed by atoms with Crippen LogP contribution in [0, 0.1) is 0 Å². The molecule has 0 spiro atoms. The largest absolute Gasteiger partial charge is 0.293 e. The second-order valence-corrected chi connectivity index (χ2v) is 3.59. The number of rotatable bonds is 5. The molecule has 1 aromatic heterocycles. The van der Waals surface area contributed by atoms with Gasteiger partial charge >= 0.3 is 0 Å². The van der Waals surface area contributed by atoms with Gasteiger partial charge in [0.1, 0.15) is 12.4 Å². The summed E-state index contributed by atoms with van der Waals surface area (Å²) in [6.07, 6.45) is 11.0. The van der Waals surface area contributed by atoms with Crippen LogP contribution >= 0.6 is 0 Å². The predicted molar refractivity (Wildman–Crippen MR) is 53.0 cm³/mol. The number of imidazole rings is 1. The minimum atomic E-state index is 0.146. The van der Waals surface area contributed by atoms with E-state index in [1.54, 1.807) is 0 Å². The first-order valence-electron chi connectivity index (χ1n) is 5.02. The number of nitrogens with zero attached hydrogens (tertiary/aromatic N) is 2. The van der Waals surface area contributed by atoms with Crippen molar-refractivity contribution < 1.29 is 4.57 Å². The molecule has 0 aliphatic rings. The zero-order chi connectivity index (χ0) is 9.68. The summed E-state index contributed by atoms with van der Waals surface area (Å²) < 4.78 is 4.08. The molecule has 0 aliphatic heterocycles. The Morgan fingerprint density at radius 1 is 1.46 bits per heavy atom. The second kappa shape index (κ2) is 5.02. The summed E-state index contributed by atoms with van der Waals surface area (Å²) in [4.78, 5) is 0. The van der Waals surface area contributed by atoms with Gasteiger partial charge in [-0.3, -0.25) is 5.73 Å². The van der Waals surface area contributed by atoms with Crippen molar-refractivity contribution in [3.05, 3.63) is 18.7 Å². The van der Waals surface area contributed by atoms with E-state index in [2.05, 4.69) is 11.5 Å². The lowest BCUT2D eigenvalue weighted by molar-refractivity contribution is -0.671. The van der Waals surface area contributed by atoms with Crippen LogP contribution in [0.2, 0.25) is 0 Å². The van der Waals surface area contributed by atoms with Crippen molar-refractivity contribution >= 4 is 0 Å². The van der Waals surface area contributed by atoms with Gasteiger partial charge in [-0.05, 0) is 6.42 Å². The van der Waals surface area contributed by atoms with Crippen LogP contribution in [0.15, 0.2) is 18.7 Å². The highest BCUT2D eigenvalue weighted by molar-refractivity contribution is 4.71. The van der Waals surface area contributed by atoms with Gasteiger partial charge in [-0.15, -0.1) is 0 Å². The van der Waals surface area contributed by atoms with Crippen molar-refractivity contribution in [2.24, 2.45) is 12.8 Å². The molecule has 3 heteroatoms. The van der Waals surface area contributed by atoms with Gasteiger partial charge in [0.25, 0.3) is 0 Å². The van der Waals surface area contributed by atoms with Gasteiger partial charge in [0, 0.05) is 6.42 Å². The van der Waals surface area contributed by atoms with E-state index in [9.17, 15) is 0 Å². The molecule has 0 fully saturated rings. The number of unbranched alkanes of at least 4 members (excludes halogenated alkanes) is 2. The number of hydrogen-bond acceptors (Lipinski definition) is 1. The fraction of sp³-hybridized carbons (Fsp3) is 0.700. The normalized spacial score (nSPS) is 13.2. The van der Waals surface area contributed by atoms with Crippen LogP contribution in [0.3, 0.4) is 0 Å². The summed E-state index contributed by atoms with van der Waals surface area (Å²) in [5.41, 5.74) is 6.00. The molecule has 13 heavy (non-hydrogen) atoms. The fourth-order valence-electron chi connectivity index (χ4n) is 1.42. The van der Waals surface area contributed by atoms with Crippen LogP contribution in [0.1, 0.15) is 38.8 Å². The molecule has 0 saturated carbocycles. The number of hydrogen-bond donors (Lipinski definition) is 1. The highest BCUT2D eigenvalue weighted by Gasteiger charge is 2.09. The summed E-state index contributed by atoms with van der Waals surface area (Å²) in [6, 6.07) is 0. The van der Waals surface area contributed by atoms with E-state index in [1.165, 1.54) is 19.3 Å². The Balaban J connectivity index is 2.35. The maximum absolute atomic E-state index is 6.00. The number of aromatic nitrogens is 2. The molecule has 0 radical (unpaired) electrons. The standard InChI is InChI=1S/C10H20N3/c1-3-4-5-6-10(11)13-8-7-12(2)9-13/h7-10H,3-6,11H2,1-2H3/q+1. The van der Waals surface area contributed by atoms with Gasteiger partial charge in [-0.2, -0.15) is 0 Å². The smallest absolute Gasteiger partial charge is 0.244 e. The minimum absolute atomic E-state index is 0.146. The molecule has 1 aromatic rings. The monoisotopic (exact) mass is 182 g/mol. The molecular weight excluding hydrogens is 162 g/mol. The zero-order valence-electron chi connectivity index (χ0n) is 8.61. The highest BCUT2D eigenvalue weighted by atomic mass is 15.2. The fourth-order valence-corrected chi connectivity index (χ4v) is 1.42. The van der Waals surface area contributed by atoms with Crippen LogP contribution in [0.4, 0.5) is 0 Å². The molecule has 0 amide bonds. The third-order valence-corrected chi connectivity index (χ3v) is 2.28. The molecule has 0 aliphatic carbocycles. The van der Waals surface area contributed by atoms with Crippen LogP contribution < -0.4 is 10.3 Å². The molecule has 1 rings (SSSR count). The van der Waals surface area contributed by atoms with Crippen molar-refractivity contribution in [1.29, 1.82) is 0 Å². The molecule has 0 bridgehead atoms. The molecule has 74 valence electrons. The number of nitrogens with two attached hydrogens (primary N) is 1. The summed E-state index contributed by atoms with van der Waals surface area (Å²) in [5.74, 6) is 0. The average Bonchev–Trinajstić information content (AvgIpc) is 2.52. The quantitative estimate of drug-likeness (QED) is 0.541. The maximum atomic E-state index is 6.00. The summed E-state index contributed by atoms with van der Waals surface area (Å²) in [6.45, 7) is 2.21. The first-order chi connectivity index (χ1) is 6.24. The first kappa shape index (κ1) is 10.3. The molecular formula is C10H20N3+. The van der Waals surface area contributed by atoms with Gasteiger partial charge in [0.15, 0.2) is 6.17 Å². The topological polar surface area (TPSA) is 34.8 Å². The Kier molecular flexibility index (Phi) is 3.96. The molecule has 3 nitrogen and oxygen atoms in total. The average molecular weight is 182 g/mol. The molecule has 0 aromatic carbocycles. The van der Waals surface area contributed by atoms with E-state index in [0.29, 0.717) is 0 Å². The Bertz CT molecular complexity index is 242. The molecule has 1 atom stereocenters. The molecule has 1 unspecified atom stereocenters. The van der Waals surface area contributed by atoms with Crippen molar-refractivity contribution in [1.82, 2.24) is 4.57 Å². The number of aryl methyl sites for hydroxylation is 1. The van der Waals surface area contributed by atoms with E-state index < -0.39 is 0 Å². The van der Waals surface area contributed by atoms with Gasteiger partial charge < -0.3 is 0 Å². The zero-order valence-corrected chi connectivity index (χ0v) is 8.61. The lowest BCUT2D eigenvalue weighted by Gasteiger charge is -2.06. The van der Waals surface area contributed by atoms with E-state index in [1.807, 2.05) is 30.3 Å². The van der Waals surface area contributed by atoms with Crippen molar-refractivity contribution in [2.75, 3.05) is 0 Å². The van der Waals surface area contributed by atoms with E-state index >= 15 is 0 Å². The molecule has 1 heterocycles. The van der Waals surface area contributed by atoms with Crippen LogP contribution in [0.5, 0.6) is 0 Å². The van der Waals surface area contributed by atoms with Crippen molar-refractivity contribution in [3.63, 3.8) is 0 Å². The van der Waals surface area contributed by atoms with E-state index in [4.69, 9.17) is 5.73 Å². The third kappa shape index (κ3) is 3.19. The van der Waals surface area contributed by atoms with Crippen molar-refractivity contribution in [3.8, 4) is 0 Å². The SMILES string of the molecule is CCCCCC(N)n1cc[n+](C)c1. The van der Waals surface area contributed by atoms with Gasteiger partial charge in [-0.1, -0.05) is 19.8 Å². The molecule has 0 saturated heterocycles. The van der Waals surface area contributed by atoms with Crippen LogP contribution in [0.25, 0.3) is 0 Å². The minimum Gasteiger partial charge on any atom is -0.293 e. The van der Waals surface area contributed by atoms with E-state index in [-0.39, 0.29) is 6.17 Å². The summed E-state index contributed by atoms with van der Waals surface area (Å²) in [5, 5.41) is 0. The van der Waals surface area contributed by atoms with Crippen molar-refractivity contribution in [2.45, 2.75) is 38.8 Å². The predicted octanol–water partition coefficient (Wildman–Crippen LogP) is 1.35. The Hall–Kier alpha value is -0.830. The van der Waals surface area contributed by atoms with Gasteiger partial charge in [0.2, 0.25) is 6.33 Å². The van der Waals surface area contributed by atoms with Crippen LogP contribution in [-0.4, -0.2) is 4.57 Å². The molecule has 2 N–H and O–H groups in total. The lowest BCUT2D eigenvalue weighted by Crippen LogP contribution is -2.26. The summed E-state index contributed by atoms with van der Waals surface area (Å²) >= 11 is 0. The highest BCUT2D eigenvalue weighted by Crippen LogP contribution is 2.08. The first-order valence-corrected chi connectivity index (χ1v) is 5.02. The van der Waals surface area contributed by atoms with E-state index in [0.717, 1.165) is 6.42 Å². The Labute approximate surface area is 80.2 Å². The second-order valence-electron chi connectivity index (χ2n) is 3.59. The summed E-state index contributed by atoms with van der Waals surface area (Å²) in [7, 11) is 2.01. The van der Waals surface area contributed by atoms with Gasteiger partial charge in [0.05, 0.1) is 7.05 Å². The lowest BCUT2D eigenvalue weighted by atomic mass is 10.2. The third-order valence-electron chi connectivity index (χ3n) is 2.28. The maximum Gasteiger partial charge on any atom is 0.244 e. The van der Waals surface area contributed by atoms with Crippen LogP contribution in [-0.2, 0) is 7.05 Å².